The first kappa shape index (κ1) is 22.9. The van der Waals surface area contributed by atoms with E-state index in [2.05, 4.69) is 33.3 Å². The maximum absolute atomic E-state index is 12.8. The van der Waals surface area contributed by atoms with Crippen LogP contribution in [0.15, 0.2) is 16.9 Å². The van der Waals surface area contributed by atoms with Crippen molar-refractivity contribution >= 4 is 12.4 Å². The molecule has 31 heavy (non-hydrogen) atoms. The normalized spacial score (nSPS) is 19.0. The van der Waals surface area contributed by atoms with Crippen molar-refractivity contribution in [1.29, 1.82) is 0 Å². The quantitative estimate of drug-likeness (QED) is 0.688. The van der Waals surface area contributed by atoms with E-state index in [9.17, 15) is 4.79 Å². The second kappa shape index (κ2) is 10.5. The molecule has 0 saturated carbocycles. The zero-order chi connectivity index (χ0) is 22.3. The minimum atomic E-state index is -0.344. The average molecular weight is 434 g/mol. The van der Waals surface area contributed by atoms with E-state index in [0.29, 0.717) is 37.8 Å². The van der Waals surface area contributed by atoms with E-state index in [0.717, 1.165) is 39.0 Å². The van der Waals surface area contributed by atoms with Gasteiger partial charge in [-0.1, -0.05) is 5.16 Å². The molecule has 11 heteroatoms. The Balaban J connectivity index is 0.000000858. The fourth-order valence-electron chi connectivity index (χ4n) is 4.04. The fraction of sp³-hybridized carbons (Fsp3) is 0.650. The van der Waals surface area contributed by atoms with Gasteiger partial charge in [-0.25, -0.2) is 0 Å². The van der Waals surface area contributed by atoms with Crippen LogP contribution in [0.3, 0.4) is 0 Å². The Morgan fingerprint density at radius 3 is 2.61 bits per heavy atom. The number of carbonyl (C=O) groups excluding carboxylic acids is 1. The summed E-state index contributed by atoms with van der Waals surface area (Å²) in [5.41, 5.74) is 0.889. The van der Waals surface area contributed by atoms with Crippen LogP contribution < -0.4 is 0 Å². The molecule has 0 unspecified atom stereocenters. The monoisotopic (exact) mass is 434 g/mol. The average Bonchev–Trinajstić information content (AvgIpc) is 3.34. The minimum absolute atomic E-state index is 0.109. The highest BCUT2D eigenvalue weighted by Gasteiger charge is 2.40. The van der Waals surface area contributed by atoms with Gasteiger partial charge in [0.25, 0.3) is 6.47 Å². The Morgan fingerprint density at radius 2 is 2.00 bits per heavy atom. The molecule has 0 aliphatic carbocycles. The smallest absolute Gasteiger partial charge is 0.290 e. The summed E-state index contributed by atoms with van der Waals surface area (Å²) in [5, 5.41) is 15.1. The zero-order valence-corrected chi connectivity index (χ0v) is 18.1. The Bertz CT molecular complexity index is 858. The lowest BCUT2D eigenvalue weighted by Gasteiger charge is -2.40. The number of rotatable bonds is 5. The number of ether oxygens (including phenoxy) is 1. The van der Waals surface area contributed by atoms with Gasteiger partial charge in [-0.15, -0.1) is 0 Å². The van der Waals surface area contributed by atoms with Crippen LogP contribution in [0.1, 0.15) is 43.5 Å². The molecule has 170 valence electrons. The van der Waals surface area contributed by atoms with Crippen molar-refractivity contribution in [2.45, 2.75) is 58.3 Å². The molecule has 11 nitrogen and oxygen atoms in total. The molecule has 4 rings (SSSR count). The number of piperidine rings is 1. The highest BCUT2D eigenvalue weighted by Crippen LogP contribution is 2.33. The molecule has 2 aliphatic heterocycles. The largest absolute Gasteiger partial charge is 0.483 e. The number of likely N-dealkylation sites (tertiary alicyclic amines) is 1. The summed E-state index contributed by atoms with van der Waals surface area (Å²) in [6.07, 6.45) is 6.21. The molecule has 0 atom stereocenters. The molecule has 2 aliphatic rings. The van der Waals surface area contributed by atoms with Crippen LogP contribution >= 0.6 is 0 Å². The van der Waals surface area contributed by atoms with Gasteiger partial charge in [0.15, 0.2) is 5.82 Å². The predicted molar refractivity (Wildman–Crippen MR) is 109 cm³/mol. The first-order valence-electron chi connectivity index (χ1n) is 10.5. The van der Waals surface area contributed by atoms with Gasteiger partial charge in [-0.3, -0.25) is 19.2 Å². The molecule has 0 aromatic carbocycles. The van der Waals surface area contributed by atoms with Gasteiger partial charge < -0.3 is 19.3 Å². The van der Waals surface area contributed by atoms with E-state index < -0.39 is 0 Å². The summed E-state index contributed by atoms with van der Waals surface area (Å²) < 4.78 is 13.2. The van der Waals surface area contributed by atoms with E-state index in [-0.39, 0.29) is 18.0 Å². The summed E-state index contributed by atoms with van der Waals surface area (Å²) in [6.45, 7) is 8.71. The van der Waals surface area contributed by atoms with Gasteiger partial charge in [0.05, 0.1) is 31.4 Å². The van der Waals surface area contributed by atoms with Crippen LogP contribution in [0, 0.1) is 6.92 Å². The second-order valence-corrected chi connectivity index (χ2v) is 7.84. The first-order chi connectivity index (χ1) is 15.0. The molecule has 2 aromatic rings. The summed E-state index contributed by atoms with van der Waals surface area (Å²) in [6, 6.07) is 0. The van der Waals surface area contributed by atoms with Crippen LogP contribution in [-0.2, 0) is 34.0 Å². The molecular formula is C20H30N6O5. The maximum Gasteiger partial charge on any atom is 0.290 e. The van der Waals surface area contributed by atoms with Crippen molar-refractivity contribution in [2.75, 3.05) is 26.2 Å². The van der Waals surface area contributed by atoms with Crippen molar-refractivity contribution in [1.82, 2.24) is 29.7 Å². The molecule has 1 N–H and O–H groups in total. The Morgan fingerprint density at radius 1 is 1.26 bits per heavy atom. The molecule has 0 radical (unpaired) electrons. The topological polar surface area (TPSA) is 127 Å². The molecule has 2 aromatic heterocycles. The maximum atomic E-state index is 12.8. The summed E-state index contributed by atoms with van der Waals surface area (Å²) in [7, 11) is 0. The molecule has 2 saturated heterocycles. The van der Waals surface area contributed by atoms with Gasteiger partial charge in [0, 0.05) is 51.4 Å². The van der Waals surface area contributed by atoms with Crippen LogP contribution in [0.5, 0.6) is 0 Å². The van der Waals surface area contributed by atoms with Crippen LogP contribution in [-0.4, -0.2) is 79.0 Å². The third kappa shape index (κ3) is 6.11. The van der Waals surface area contributed by atoms with Crippen LogP contribution in [0.25, 0.3) is 0 Å². The lowest BCUT2D eigenvalue weighted by atomic mass is 9.87. The van der Waals surface area contributed by atoms with E-state index >= 15 is 0 Å². The fourth-order valence-corrected chi connectivity index (χ4v) is 4.04. The van der Waals surface area contributed by atoms with Crippen molar-refractivity contribution in [3.63, 3.8) is 0 Å². The van der Waals surface area contributed by atoms with Gasteiger partial charge in [-0.2, -0.15) is 10.1 Å². The molecule has 0 bridgehead atoms. The predicted octanol–water partition coefficient (Wildman–Crippen LogP) is 1.08. The standard InChI is InChI=1S/C19H28N6O3.CH2O2/c1-3-25-13-16(11-20-25)12-23-6-4-19(5-7-23)10-18(26)24(8-9-27-19)14-17-21-15(2)28-22-17;2-1-3/h11,13H,3-10,12,14H2,1-2H3;1H,(H,2,3). The number of nitrogens with zero attached hydrogens (tertiary/aromatic N) is 6. The molecule has 4 heterocycles. The van der Waals surface area contributed by atoms with Crippen LogP contribution in [0.4, 0.5) is 0 Å². The number of carbonyl (C=O) groups is 2. The van der Waals surface area contributed by atoms with E-state index in [1.54, 1.807) is 11.8 Å². The number of amides is 1. The number of hydrogen-bond donors (Lipinski definition) is 1. The number of aromatic nitrogens is 4. The Kier molecular flexibility index (Phi) is 7.75. The summed E-state index contributed by atoms with van der Waals surface area (Å²) >= 11 is 0. The van der Waals surface area contributed by atoms with Gasteiger partial charge >= 0.3 is 0 Å². The number of aryl methyl sites for hydroxylation is 2. The van der Waals surface area contributed by atoms with Crippen molar-refractivity contribution in [2.24, 2.45) is 0 Å². The van der Waals surface area contributed by atoms with Gasteiger partial charge in [0.1, 0.15) is 0 Å². The SMILES string of the molecule is CCn1cc(CN2CCC3(CC2)CC(=O)N(Cc2noc(C)n2)CCO3)cn1.O=CO. The minimum Gasteiger partial charge on any atom is -0.483 e. The third-order valence-corrected chi connectivity index (χ3v) is 5.68. The lowest BCUT2D eigenvalue weighted by molar-refractivity contribution is -0.136. The molecule has 1 amide bonds. The number of hydrogen-bond acceptors (Lipinski definition) is 8. The number of carboxylic acid groups (broad SMARTS) is 1. The summed E-state index contributed by atoms with van der Waals surface area (Å²) in [4.78, 5) is 29.6. The Hall–Kier alpha value is -2.79. The van der Waals surface area contributed by atoms with E-state index in [1.807, 2.05) is 10.9 Å². The second-order valence-electron chi connectivity index (χ2n) is 7.84. The van der Waals surface area contributed by atoms with Gasteiger partial charge in [0.2, 0.25) is 11.8 Å². The van der Waals surface area contributed by atoms with Crippen molar-refractivity contribution in [3.8, 4) is 0 Å². The van der Waals surface area contributed by atoms with E-state index in [4.69, 9.17) is 19.2 Å². The lowest BCUT2D eigenvalue weighted by Crippen LogP contribution is -2.47. The molecular weight excluding hydrogens is 404 g/mol. The highest BCUT2D eigenvalue weighted by molar-refractivity contribution is 5.77. The van der Waals surface area contributed by atoms with E-state index in [1.165, 1.54) is 5.56 Å². The zero-order valence-electron chi connectivity index (χ0n) is 18.1. The third-order valence-electron chi connectivity index (χ3n) is 5.68. The Labute approximate surface area is 180 Å². The van der Waals surface area contributed by atoms with Crippen LogP contribution in [0.2, 0.25) is 0 Å². The van der Waals surface area contributed by atoms with Crippen molar-refractivity contribution < 1.29 is 24.0 Å². The van der Waals surface area contributed by atoms with Gasteiger partial charge in [-0.05, 0) is 19.8 Å². The summed E-state index contributed by atoms with van der Waals surface area (Å²) in [5.74, 6) is 1.17. The molecule has 1 spiro atoms. The highest BCUT2D eigenvalue weighted by atomic mass is 16.5. The first-order valence-corrected chi connectivity index (χ1v) is 10.5. The molecule has 2 fully saturated rings. The van der Waals surface area contributed by atoms with Crippen molar-refractivity contribution in [3.05, 3.63) is 29.7 Å².